The summed E-state index contributed by atoms with van der Waals surface area (Å²) in [4.78, 5) is 0. The van der Waals surface area contributed by atoms with Gasteiger partial charge in [-0.2, -0.15) is 0 Å². The second-order valence-electron chi connectivity index (χ2n) is 7.01. The predicted molar refractivity (Wildman–Crippen MR) is 105 cm³/mol. The number of hydrogen-bond acceptors (Lipinski definition) is 0. The number of allylic oxidation sites excluding steroid dienone is 3. The first-order valence-electron chi connectivity index (χ1n) is 10.1. The van der Waals surface area contributed by atoms with E-state index >= 15 is 0 Å². The Hall–Kier alpha value is -1.31. The molecule has 2 heteroatoms. The lowest BCUT2D eigenvalue weighted by Crippen LogP contribution is -2.30. The molecule has 136 valence electrons. The average Bonchev–Trinajstić information content (AvgIpc) is 3.00. The first kappa shape index (κ1) is 20.7. The number of rotatable bonds is 16. The average molecular weight is 332 g/mol. The minimum absolute atomic E-state index is 1.17. The number of unbranched alkanes of at least 4 members (excludes halogenated alkanes) is 12. The van der Waals surface area contributed by atoms with E-state index in [2.05, 4.69) is 53.6 Å². The van der Waals surface area contributed by atoms with Crippen LogP contribution in [-0.4, -0.2) is 4.57 Å². The van der Waals surface area contributed by atoms with Crippen molar-refractivity contribution in [3.63, 3.8) is 0 Å². The normalized spacial score (nSPS) is 11.4. The maximum atomic E-state index is 3.69. The molecule has 1 heterocycles. The van der Waals surface area contributed by atoms with Crippen molar-refractivity contribution >= 4 is 0 Å². The lowest BCUT2D eigenvalue weighted by atomic mass is 10.0. The van der Waals surface area contributed by atoms with Gasteiger partial charge in [-0.05, 0) is 25.7 Å². The number of nitrogens with zero attached hydrogens (tertiary/aromatic N) is 2. The molecule has 0 radical (unpaired) electrons. The smallest absolute Gasteiger partial charge is 0.240 e. The summed E-state index contributed by atoms with van der Waals surface area (Å²) in [5.74, 6) is 0. The molecule has 1 aromatic heterocycles. The Morgan fingerprint density at radius 2 is 1.38 bits per heavy atom. The highest BCUT2D eigenvalue weighted by Crippen LogP contribution is 2.12. The van der Waals surface area contributed by atoms with Crippen molar-refractivity contribution in [2.75, 3.05) is 0 Å². The van der Waals surface area contributed by atoms with E-state index in [4.69, 9.17) is 0 Å². The molecule has 24 heavy (non-hydrogen) atoms. The monoisotopic (exact) mass is 331 g/mol. The third-order valence-electron chi connectivity index (χ3n) is 4.63. The summed E-state index contributed by atoms with van der Waals surface area (Å²) in [5.41, 5.74) is 0. The van der Waals surface area contributed by atoms with Crippen molar-refractivity contribution in [2.45, 2.75) is 90.0 Å². The van der Waals surface area contributed by atoms with Crippen LogP contribution in [0.2, 0.25) is 0 Å². The summed E-state index contributed by atoms with van der Waals surface area (Å²) in [6.07, 6.45) is 30.7. The molecule has 0 aliphatic rings. The summed E-state index contributed by atoms with van der Waals surface area (Å²) in [7, 11) is 2.08. The molecule has 0 bridgehead atoms. The molecule has 0 aliphatic heterocycles. The largest absolute Gasteiger partial charge is 0.243 e. The molecule has 2 nitrogen and oxygen atoms in total. The van der Waals surface area contributed by atoms with Crippen LogP contribution in [0.1, 0.15) is 83.5 Å². The molecule has 0 saturated carbocycles. The zero-order chi connectivity index (χ0) is 17.3. The van der Waals surface area contributed by atoms with Crippen LogP contribution in [-0.2, 0) is 13.6 Å². The molecule has 0 aliphatic carbocycles. The van der Waals surface area contributed by atoms with Crippen molar-refractivity contribution < 1.29 is 4.57 Å². The van der Waals surface area contributed by atoms with Gasteiger partial charge in [0.2, 0.25) is 6.33 Å². The van der Waals surface area contributed by atoms with Gasteiger partial charge in [0.15, 0.2) is 0 Å². The number of aryl methyl sites for hydroxylation is 2. The van der Waals surface area contributed by atoms with Crippen LogP contribution >= 0.6 is 0 Å². The van der Waals surface area contributed by atoms with Gasteiger partial charge in [0.05, 0.1) is 13.6 Å². The van der Waals surface area contributed by atoms with Crippen molar-refractivity contribution in [3.05, 3.63) is 43.5 Å². The van der Waals surface area contributed by atoms with Crippen LogP contribution in [0.25, 0.3) is 0 Å². The summed E-state index contributed by atoms with van der Waals surface area (Å²) >= 11 is 0. The molecule has 0 unspecified atom stereocenters. The van der Waals surface area contributed by atoms with E-state index in [0.29, 0.717) is 0 Å². The molecular weight excluding hydrogens is 292 g/mol. The Balaban J connectivity index is 1.73. The summed E-state index contributed by atoms with van der Waals surface area (Å²) in [6.45, 7) is 4.86. The number of imidazole rings is 1. The zero-order valence-electron chi connectivity index (χ0n) is 16.0. The molecule has 0 saturated heterocycles. The van der Waals surface area contributed by atoms with Crippen molar-refractivity contribution in [1.29, 1.82) is 0 Å². The third kappa shape index (κ3) is 12.2. The third-order valence-corrected chi connectivity index (χ3v) is 4.63. The standard InChI is InChI=1S/C22H39N2/c1-3-4-5-6-7-8-9-10-11-12-13-14-15-16-17-18-19-24-21-20-23(2)22-24/h3-5,20-22H,1,6-19H2,2H3/q+1/b5-4+. The highest BCUT2D eigenvalue weighted by atomic mass is 15.1. The van der Waals surface area contributed by atoms with Crippen LogP contribution in [0.15, 0.2) is 43.5 Å². The van der Waals surface area contributed by atoms with Gasteiger partial charge >= 0.3 is 0 Å². The van der Waals surface area contributed by atoms with Crippen molar-refractivity contribution in [1.82, 2.24) is 4.57 Å². The molecule has 1 rings (SSSR count). The van der Waals surface area contributed by atoms with Gasteiger partial charge in [-0.3, -0.25) is 0 Å². The van der Waals surface area contributed by atoms with Crippen molar-refractivity contribution in [2.24, 2.45) is 7.05 Å². The van der Waals surface area contributed by atoms with Crippen LogP contribution in [0.5, 0.6) is 0 Å². The second kappa shape index (κ2) is 15.2. The Bertz CT molecular complexity index is 431. The fourth-order valence-electron chi connectivity index (χ4n) is 3.15. The summed E-state index contributed by atoms with van der Waals surface area (Å²) in [6, 6.07) is 0. The summed E-state index contributed by atoms with van der Waals surface area (Å²) < 4.78 is 4.40. The molecule has 0 atom stereocenters. The Labute approximate surface area is 150 Å². The van der Waals surface area contributed by atoms with E-state index in [0.717, 1.165) is 0 Å². The van der Waals surface area contributed by atoms with E-state index in [1.807, 2.05) is 6.08 Å². The fraction of sp³-hybridized carbons (Fsp3) is 0.682. The molecule has 0 fully saturated rings. The molecule has 0 amide bonds. The van der Waals surface area contributed by atoms with Crippen molar-refractivity contribution in [3.8, 4) is 0 Å². The van der Waals surface area contributed by atoms with Gasteiger partial charge in [-0.25, -0.2) is 9.13 Å². The SMILES string of the molecule is C=C/C=C/CCCCCCCCCCCCCC[n+]1ccn(C)c1. The topological polar surface area (TPSA) is 8.81 Å². The lowest BCUT2D eigenvalue weighted by Gasteiger charge is -2.02. The first-order chi connectivity index (χ1) is 11.8. The van der Waals surface area contributed by atoms with Gasteiger partial charge in [0, 0.05) is 0 Å². The van der Waals surface area contributed by atoms with Crippen LogP contribution in [0, 0.1) is 0 Å². The van der Waals surface area contributed by atoms with E-state index in [1.54, 1.807) is 0 Å². The minimum atomic E-state index is 1.17. The number of aromatic nitrogens is 2. The van der Waals surface area contributed by atoms with Gasteiger partial charge in [-0.15, -0.1) is 0 Å². The van der Waals surface area contributed by atoms with Crippen LogP contribution < -0.4 is 4.57 Å². The van der Waals surface area contributed by atoms with E-state index in [-0.39, 0.29) is 0 Å². The van der Waals surface area contributed by atoms with E-state index in [1.165, 1.54) is 90.0 Å². The van der Waals surface area contributed by atoms with Gasteiger partial charge < -0.3 is 0 Å². The predicted octanol–water partition coefficient (Wildman–Crippen LogP) is 6.13. The van der Waals surface area contributed by atoms with E-state index < -0.39 is 0 Å². The van der Waals surface area contributed by atoms with Crippen LogP contribution in [0.3, 0.4) is 0 Å². The highest BCUT2D eigenvalue weighted by Gasteiger charge is 1.99. The molecule has 0 aromatic carbocycles. The second-order valence-corrected chi connectivity index (χ2v) is 7.01. The molecule has 0 spiro atoms. The quantitative estimate of drug-likeness (QED) is 0.196. The Morgan fingerprint density at radius 1 is 0.833 bits per heavy atom. The lowest BCUT2D eigenvalue weighted by molar-refractivity contribution is -0.696. The maximum absolute atomic E-state index is 3.69. The van der Waals surface area contributed by atoms with Gasteiger partial charge in [0.1, 0.15) is 12.4 Å². The number of hydrogen-bond donors (Lipinski definition) is 0. The van der Waals surface area contributed by atoms with Gasteiger partial charge in [-0.1, -0.05) is 82.6 Å². The molecule has 1 aromatic rings. The van der Waals surface area contributed by atoms with E-state index in [9.17, 15) is 0 Å². The first-order valence-corrected chi connectivity index (χ1v) is 10.1. The summed E-state index contributed by atoms with van der Waals surface area (Å²) in [5, 5.41) is 0. The molecule has 0 N–H and O–H groups in total. The van der Waals surface area contributed by atoms with Gasteiger partial charge in [0.25, 0.3) is 0 Å². The Morgan fingerprint density at radius 3 is 1.88 bits per heavy atom. The maximum Gasteiger partial charge on any atom is 0.243 e. The highest BCUT2D eigenvalue weighted by molar-refractivity contribution is 4.96. The Kier molecular flexibility index (Phi) is 13.2. The minimum Gasteiger partial charge on any atom is -0.240 e. The zero-order valence-corrected chi connectivity index (χ0v) is 16.0. The fourth-order valence-corrected chi connectivity index (χ4v) is 3.15. The van der Waals surface area contributed by atoms with Crippen LogP contribution in [0.4, 0.5) is 0 Å². The molecular formula is C22H39N2+.